The van der Waals surface area contributed by atoms with Crippen LogP contribution in [-0.2, 0) is 14.3 Å². The van der Waals surface area contributed by atoms with Crippen molar-refractivity contribution in [2.24, 2.45) is 0 Å². The summed E-state index contributed by atoms with van der Waals surface area (Å²) in [6.45, 7) is 1.62. The van der Waals surface area contributed by atoms with Crippen molar-refractivity contribution >= 4 is 39.9 Å². The average Bonchev–Trinajstić information content (AvgIpc) is 3.35. The van der Waals surface area contributed by atoms with Gasteiger partial charge in [-0.05, 0) is 13.0 Å². The highest BCUT2D eigenvalue weighted by atomic mass is 32.1. The van der Waals surface area contributed by atoms with E-state index in [2.05, 4.69) is 4.98 Å². The Morgan fingerprint density at radius 2 is 1.73 bits per heavy atom. The number of esters is 1. The predicted octanol–water partition coefficient (Wildman–Crippen LogP) is 3.87. The molecule has 2 heterocycles. The van der Waals surface area contributed by atoms with E-state index in [0.29, 0.717) is 22.6 Å². The summed E-state index contributed by atoms with van der Waals surface area (Å²) in [5, 5.41) is 11.2. The van der Waals surface area contributed by atoms with Gasteiger partial charge in [0.1, 0.15) is 22.4 Å². The van der Waals surface area contributed by atoms with Crippen molar-refractivity contribution in [2.45, 2.75) is 13.0 Å². The third-order valence-corrected chi connectivity index (χ3v) is 6.42. The first-order valence-corrected chi connectivity index (χ1v) is 10.8. The maximum absolute atomic E-state index is 13.2. The van der Waals surface area contributed by atoms with Crippen LogP contribution >= 0.6 is 11.3 Å². The zero-order valence-electron chi connectivity index (χ0n) is 18.1. The summed E-state index contributed by atoms with van der Waals surface area (Å²) < 4.78 is 10.3. The van der Waals surface area contributed by atoms with E-state index in [1.807, 2.05) is 0 Å². The van der Waals surface area contributed by atoms with Crippen LogP contribution in [0.4, 0.5) is 5.13 Å². The third kappa shape index (κ3) is 3.76. The first kappa shape index (κ1) is 22.2. The summed E-state index contributed by atoms with van der Waals surface area (Å²) in [5.41, 5.74) is 1.15. The van der Waals surface area contributed by atoms with Crippen LogP contribution in [0.3, 0.4) is 0 Å². The number of methoxy groups -OCH3 is 2. The molecule has 8 nitrogen and oxygen atoms in total. The second-order valence-corrected chi connectivity index (χ2v) is 8.16. The largest absolute Gasteiger partial charge is 0.507 e. The van der Waals surface area contributed by atoms with Crippen LogP contribution < -0.4 is 9.64 Å². The maximum atomic E-state index is 13.2. The third-order valence-electron chi connectivity index (χ3n) is 5.29. The molecule has 1 fully saturated rings. The summed E-state index contributed by atoms with van der Waals surface area (Å²) in [6, 6.07) is 14.4. The molecule has 1 aliphatic rings. The Bertz CT molecular complexity index is 1280. The minimum absolute atomic E-state index is 0.0943. The Hall–Kier alpha value is -3.98. The summed E-state index contributed by atoms with van der Waals surface area (Å²) in [7, 11) is 2.73. The van der Waals surface area contributed by atoms with Crippen LogP contribution in [0.15, 0.2) is 60.2 Å². The van der Waals surface area contributed by atoms with Crippen LogP contribution in [0.2, 0.25) is 0 Å². The highest BCUT2D eigenvalue weighted by Crippen LogP contribution is 2.46. The Labute approximate surface area is 193 Å². The Kier molecular flexibility index (Phi) is 5.97. The number of thiazole rings is 1. The molecule has 0 spiro atoms. The molecule has 3 aromatic rings. The number of para-hydroxylation sites is 1. The van der Waals surface area contributed by atoms with Crippen molar-refractivity contribution in [3.05, 3.63) is 81.9 Å². The number of amides is 1. The van der Waals surface area contributed by atoms with Crippen molar-refractivity contribution in [3.63, 3.8) is 0 Å². The van der Waals surface area contributed by atoms with E-state index in [-0.39, 0.29) is 21.3 Å². The molecule has 0 saturated carbocycles. The molecule has 0 radical (unpaired) electrons. The van der Waals surface area contributed by atoms with Gasteiger partial charge >= 0.3 is 11.9 Å². The number of aliphatic hydroxyl groups is 1. The molecule has 0 bridgehead atoms. The normalized spacial score (nSPS) is 17.3. The minimum atomic E-state index is -1.02. The van der Waals surface area contributed by atoms with Crippen LogP contribution in [0.5, 0.6) is 5.75 Å². The lowest BCUT2D eigenvalue weighted by molar-refractivity contribution is -0.132. The minimum Gasteiger partial charge on any atom is -0.507 e. The number of aromatic nitrogens is 1. The van der Waals surface area contributed by atoms with E-state index in [1.165, 1.54) is 19.1 Å². The number of carbonyl (C=O) groups excluding carboxylic acids is 3. The molecule has 0 unspecified atom stereocenters. The summed E-state index contributed by atoms with van der Waals surface area (Å²) in [5.74, 6) is -2.21. The van der Waals surface area contributed by atoms with Gasteiger partial charge in [-0.1, -0.05) is 59.9 Å². The Balaban J connectivity index is 1.97. The van der Waals surface area contributed by atoms with Crippen molar-refractivity contribution in [1.29, 1.82) is 0 Å². The molecule has 0 aliphatic carbocycles. The standard InChI is InChI=1S/C24H20N2O6S/c1-13-21(23(30)32-3)33-24(25-13)26-18(15-11-7-8-12-16(15)31-2)17(20(28)22(26)29)19(27)14-9-5-4-6-10-14/h4-12,18,27H,1-3H3/b19-17+/t18-/m0/s1. The zero-order valence-corrected chi connectivity index (χ0v) is 18.9. The van der Waals surface area contributed by atoms with E-state index in [0.717, 1.165) is 11.3 Å². The Morgan fingerprint density at radius 3 is 2.39 bits per heavy atom. The number of ether oxygens (including phenoxy) is 2. The van der Waals surface area contributed by atoms with Gasteiger partial charge in [0.15, 0.2) is 5.13 Å². The van der Waals surface area contributed by atoms with E-state index < -0.39 is 23.7 Å². The van der Waals surface area contributed by atoms with Crippen molar-refractivity contribution < 1.29 is 29.0 Å². The smallest absolute Gasteiger partial charge is 0.350 e. The van der Waals surface area contributed by atoms with Crippen LogP contribution in [0.25, 0.3) is 5.76 Å². The molecular weight excluding hydrogens is 444 g/mol. The lowest BCUT2D eigenvalue weighted by Gasteiger charge is -2.24. The fourth-order valence-electron chi connectivity index (χ4n) is 3.74. The zero-order chi connectivity index (χ0) is 23.7. The van der Waals surface area contributed by atoms with Crippen LogP contribution in [0.1, 0.15) is 32.5 Å². The van der Waals surface area contributed by atoms with Gasteiger partial charge in [-0.3, -0.25) is 14.5 Å². The number of nitrogens with zero attached hydrogens (tertiary/aromatic N) is 2. The summed E-state index contributed by atoms with van der Waals surface area (Å²) in [4.78, 5) is 44.3. The van der Waals surface area contributed by atoms with Gasteiger partial charge in [-0.25, -0.2) is 9.78 Å². The number of hydrogen-bond donors (Lipinski definition) is 1. The fourth-order valence-corrected chi connectivity index (χ4v) is 4.75. The second-order valence-electron chi connectivity index (χ2n) is 7.18. The molecule has 1 aromatic heterocycles. The van der Waals surface area contributed by atoms with E-state index in [1.54, 1.807) is 61.5 Å². The summed E-state index contributed by atoms with van der Waals surface area (Å²) >= 11 is 0.939. The van der Waals surface area contributed by atoms with Crippen molar-refractivity contribution in [3.8, 4) is 5.75 Å². The highest BCUT2D eigenvalue weighted by Gasteiger charge is 2.49. The van der Waals surface area contributed by atoms with Gasteiger partial charge in [-0.2, -0.15) is 0 Å². The maximum Gasteiger partial charge on any atom is 0.350 e. The first-order chi connectivity index (χ1) is 15.9. The number of anilines is 1. The molecular formula is C24H20N2O6S. The van der Waals surface area contributed by atoms with Crippen molar-refractivity contribution in [2.75, 3.05) is 19.1 Å². The molecule has 4 rings (SSSR count). The second kappa shape index (κ2) is 8.87. The molecule has 1 amide bonds. The first-order valence-electron chi connectivity index (χ1n) is 9.94. The number of aryl methyl sites for hydroxylation is 1. The molecule has 1 saturated heterocycles. The number of aliphatic hydroxyl groups excluding tert-OH is 1. The quantitative estimate of drug-likeness (QED) is 0.264. The van der Waals surface area contributed by atoms with Gasteiger partial charge in [0, 0.05) is 11.1 Å². The molecule has 1 N–H and O–H groups in total. The SMILES string of the molecule is COC(=O)c1sc(N2C(=O)C(=O)/C(=C(/O)c3ccccc3)[C@@H]2c2ccccc2OC)nc1C. The van der Waals surface area contributed by atoms with E-state index in [9.17, 15) is 19.5 Å². The average molecular weight is 464 g/mol. The molecule has 1 atom stereocenters. The number of rotatable bonds is 5. The number of hydrogen-bond acceptors (Lipinski definition) is 8. The van der Waals surface area contributed by atoms with E-state index >= 15 is 0 Å². The number of carbonyl (C=O) groups is 3. The molecule has 2 aromatic carbocycles. The van der Waals surface area contributed by atoms with E-state index in [4.69, 9.17) is 9.47 Å². The fraction of sp³-hybridized carbons (Fsp3) is 0.167. The molecule has 168 valence electrons. The number of ketones is 1. The van der Waals surface area contributed by atoms with Crippen LogP contribution in [0, 0.1) is 6.92 Å². The van der Waals surface area contributed by atoms with Crippen molar-refractivity contribution in [1.82, 2.24) is 4.98 Å². The lowest BCUT2D eigenvalue weighted by Crippen LogP contribution is -2.29. The number of Topliss-reactive ketones (excluding diaryl/α,β-unsaturated/α-hetero) is 1. The molecule has 1 aliphatic heterocycles. The van der Waals surface area contributed by atoms with Crippen LogP contribution in [-0.4, -0.2) is 42.0 Å². The summed E-state index contributed by atoms with van der Waals surface area (Å²) in [6.07, 6.45) is 0. The highest BCUT2D eigenvalue weighted by molar-refractivity contribution is 7.17. The number of benzene rings is 2. The van der Waals surface area contributed by atoms with Gasteiger partial charge in [-0.15, -0.1) is 0 Å². The van der Waals surface area contributed by atoms with Gasteiger partial charge in [0.25, 0.3) is 5.78 Å². The van der Waals surface area contributed by atoms with Gasteiger partial charge in [0.2, 0.25) is 0 Å². The van der Waals surface area contributed by atoms with Gasteiger partial charge < -0.3 is 14.6 Å². The molecule has 9 heteroatoms. The monoisotopic (exact) mass is 464 g/mol. The van der Waals surface area contributed by atoms with Gasteiger partial charge in [0.05, 0.1) is 25.5 Å². The topological polar surface area (TPSA) is 106 Å². The Morgan fingerprint density at radius 1 is 1.06 bits per heavy atom. The molecule has 33 heavy (non-hydrogen) atoms. The lowest BCUT2D eigenvalue weighted by atomic mass is 9.95. The predicted molar refractivity (Wildman–Crippen MR) is 122 cm³/mol.